The monoisotopic (exact) mass is 291 g/mol. The lowest BCUT2D eigenvalue weighted by Gasteiger charge is -2.26. The molecule has 0 radical (unpaired) electrons. The molecule has 1 fully saturated rings. The van der Waals surface area contributed by atoms with Crippen molar-refractivity contribution in [3.63, 3.8) is 0 Å². The van der Waals surface area contributed by atoms with Crippen LogP contribution in [0.3, 0.4) is 0 Å². The molecule has 2 rings (SSSR count). The smallest absolute Gasteiger partial charge is 0.224 e. The molecule has 4 nitrogen and oxygen atoms in total. The highest BCUT2D eigenvalue weighted by molar-refractivity contribution is 5.79. The van der Waals surface area contributed by atoms with Crippen LogP contribution in [0.2, 0.25) is 0 Å². The Morgan fingerprint density at radius 1 is 1.33 bits per heavy atom. The quantitative estimate of drug-likeness (QED) is 0.876. The van der Waals surface area contributed by atoms with E-state index in [1.165, 1.54) is 0 Å². The Balaban J connectivity index is 1.84. The molecule has 1 aliphatic carbocycles. The Bertz CT molecular complexity index is 465. The molecule has 1 aromatic carbocycles. The van der Waals surface area contributed by atoms with Crippen LogP contribution in [0.15, 0.2) is 24.3 Å². The molecule has 2 N–H and O–H groups in total. The lowest BCUT2D eigenvalue weighted by molar-refractivity contribution is -0.121. The summed E-state index contributed by atoms with van der Waals surface area (Å²) in [7, 11) is 0. The van der Waals surface area contributed by atoms with Gasteiger partial charge in [0.05, 0.1) is 18.6 Å². The molecule has 1 amide bonds. The molecule has 0 aromatic heterocycles. The molecule has 0 unspecified atom stereocenters. The van der Waals surface area contributed by atoms with E-state index in [9.17, 15) is 9.90 Å². The molecule has 0 heterocycles. The zero-order chi connectivity index (χ0) is 15.2. The minimum atomic E-state index is -0.192. The van der Waals surface area contributed by atoms with Crippen molar-refractivity contribution in [3.05, 3.63) is 29.8 Å². The van der Waals surface area contributed by atoms with Gasteiger partial charge >= 0.3 is 0 Å². The molecule has 1 aliphatic rings. The van der Waals surface area contributed by atoms with Crippen LogP contribution < -0.4 is 10.1 Å². The molecule has 0 bridgehead atoms. The van der Waals surface area contributed by atoms with Crippen molar-refractivity contribution in [1.82, 2.24) is 5.32 Å². The highest BCUT2D eigenvalue weighted by atomic mass is 16.5. The van der Waals surface area contributed by atoms with Crippen molar-refractivity contribution in [2.75, 3.05) is 0 Å². The van der Waals surface area contributed by atoms with Gasteiger partial charge < -0.3 is 15.2 Å². The average molecular weight is 291 g/mol. The molecule has 0 saturated heterocycles. The van der Waals surface area contributed by atoms with Gasteiger partial charge in [-0.1, -0.05) is 12.1 Å². The predicted molar refractivity (Wildman–Crippen MR) is 82.3 cm³/mol. The fourth-order valence-electron chi connectivity index (χ4n) is 2.69. The van der Waals surface area contributed by atoms with Gasteiger partial charge in [-0.15, -0.1) is 0 Å². The molecule has 0 aliphatic heterocycles. The van der Waals surface area contributed by atoms with Crippen LogP contribution in [-0.2, 0) is 11.2 Å². The number of aliphatic hydroxyl groups is 1. The van der Waals surface area contributed by atoms with Crippen molar-refractivity contribution in [1.29, 1.82) is 0 Å². The van der Waals surface area contributed by atoms with E-state index < -0.39 is 0 Å². The number of carbonyl (C=O) groups is 1. The van der Waals surface area contributed by atoms with Gasteiger partial charge in [0, 0.05) is 6.04 Å². The third kappa shape index (κ3) is 5.38. The predicted octanol–water partition coefficient (Wildman–Crippen LogP) is 2.44. The minimum Gasteiger partial charge on any atom is -0.491 e. The summed E-state index contributed by atoms with van der Waals surface area (Å²) in [5.74, 6) is 0.842. The van der Waals surface area contributed by atoms with Crippen molar-refractivity contribution < 1.29 is 14.6 Å². The second kappa shape index (κ2) is 7.46. The minimum absolute atomic E-state index is 0.0399. The normalized spacial score (nSPS) is 22.1. The summed E-state index contributed by atoms with van der Waals surface area (Å²) in [6.07, 6.45) is 3.60. The summed E-state index contributed by atoms with van der Waals surface area (Å²) in [6.45, 7) is 3.97. The average Bonchev–Trinajstić information content (AvgIpc) is 2.41. The SMILES string of the molecule is CC(C)Oc1cccc(CC(=O)NC2CCC(O)CC2)c1. The third-order valence-electron chi connectivity index (χ3n) is 3.70. The Morgan fingerprint density at radius 2 is 2.05 bits per heavy atom. The van der Waals surface area contributed by atoms with Gasteiger partial charge in [0.25, 0.3) is 0 Å². The molecular weight excluding hydrogens is 266 g/mol. The van der Waals surface area contributed by atoms with Gasteiger partial charge in [0.2, 0.25) is 5.91 Å². The first-order valence-corrected chi connectivity index (χ1v) is 7.76. The van der Waals surface area contributed by atoms with E-state index in [1.807, 2.05) is 38.1 Å². The summed E-state index contributed by atoms with van der Waals surface area (Å²) in [5.41, 5.74) is 0.960. The molecular formula is C17H25NO3. The van der Waals surface area contributed by atoms with E-state index in [-0.39, 0.29) is 24.2 Å². The maximum atomic E-state index is 12.1. The van der Waals surface area contributed by atoms with Gasteiger partial charge in [0.15, 0.2) is 0 Å². The van der Waals surface area contributed by atoms with Crippen LogP contribution in [0.25, 0.3) is 0 Å². The van der Waals surface area contributed by atoms with Crippen LogP contribution in [0.5, 0.6) is 5.75 Å². The van der Waals surface area contributed by atoms with Gasteiger partial charge in [-0.2, -0.15) is 0 Å². The van der Waals surface area contributed by atoms with E-state index >= 15 is 0 Å². The number of hydrogen-bond acceptors (Lipinski definition) is 3. The summed E-state index contributed by atoms with van der Waals surface area (Å²) in [5, 5.41) is 12.5. The topological polar surface area (TPSA) is 58.6 Å². The Morgan fingerprint density at radius 3 is 2.71 bits per heavy atom. The lowest BCUT2D eigenvalue weighted by Crippen LogP contribution is -2.39. The number of ether oxygens (including phenoxy) is 1. The Hall–Kier alpha value is -1.55. The molecule has 0 spiro atoms. The zero-order valence-corrected chi connectivity index (χ0v) is 12.8. The van der Waals surface area contributed by atoms with Crippen molar-refractivity contribution >= 4 is 5.91 Å². The largest absolute Gasteiger partial charge is 0.491 e. The first-order valence-electron chi connectivity index (χ1n) is 7.76. The number of aliphatic hydroxyl groups excluding tert-OH is 1. The van der Waals surface area contributed by atoms with E-state index in [1.54, 1.807) is 0 Å². The highest BCUT2D eigenvalue weighted by Crippen LogP contribution is 2.19. The van der Waals surface area contributed by atoms with Crippen LogP contribution in [0.4, 0.5) is 0 Å². The fourth-order valence-corrected chi connectivity index (χ4v) is 2.69. The number of nitrogens with one attached hydrogen (secondary N) is 1. The van der Waals surface area contributed by atoms with Gasteiger partial charge in [-0.3, -0.25) is 4.79 Å². The first-order chi connectivity index (χ1) is 10.0. The number of hydrogen-bond donors (Lipinski definition) is 2. The zero-order valence-electron chi connectivity index (χ0n) is 12.8. The third-order valence-corrected chi connectivity index (χ3v) is 3.70. The molecule has 1 aromatic rings. The second-order valence-corrected chi connectivity index (χ2v) is 6.06. The number of rotatable bonds is 5. The van der Waals surface area contributed by atoms with Gasteiger partial charge in [-0.25, -0.2) is 0 Å². The molecule has 1 saturated carbocycles. The molecule has 21 heavy (non-hydrogen) atoms. The molecule has 4 heteroatoms. The lowest BCUT2D eigenvalue weighted by atomic mass is 9.93. The summed E-state index contributed by atoms with van der Waals surface area (Å²) in [6, 6.07) is 7.89. The van der Waals surface area contributed by atoms with Gasteiger partial charge in [-0.05, 0) is 57.2 Å². The number of amides is 1. The summed E-state index contributed by atoms with van der Waals surface area (Å²) in [4.78, 5) is 12.1. The molecule has 0 atom stereocenters. The van der Waals surface area contributed by atoms with E-state index in [2.05, 4.69) is 5.32 Å². The molecule has 116 valence electrons. The maximum Gasteiger partial charge on any atom is 0.224 e. The van der Waals surface area contributed by atoms with E-state index in [0.717, 1.165) is 37.0 Å². The van der Waals surface area contributed by atoms with E-state index in [0.29, 0.717) is 6.42 Å². The Kier molecular flexibility index (Phi) is 5.62. The summed E-state index contributed by atoms with van der Waals surface area (Å²) < 4.78 is 5.64. The van der Waals surface area contributed by atoms with Crippen LogP contribution in [0, 0.1) is 0 Å². The number of benzene rings is 1. The maximum absolute atomic E-state index is 12.1. The fraction of sp³-hybridized carbons (Fsp3) is 0.588. The van der Waals surface area contributed by atoms with Crippen LogP contribution in [-0.4, -0.2) is 29.3 Å². The van der Waals surface area contributed by atoms with E-state index in [4.69, 9.17) is 4.74 Å². The van der Waals surface area contributed by atoms with Crippen molar-refractivity contribution in [2.24, 2.45) is 0 Å². The van der Waals surface area contributed by atoms with Crippen LogP contribution in [0.1, 0.15) is 45.1 Å². The summed E-state index contributed by atoms with van der Waals surface area (Å²) >= 11 is 0. The van der Waals surface area contributed by atoms with Crippen LogP contribution >= 0.6 is 0 Å². The Labute approximate surface area is 126 Å². The number of carbonyl (C=O) groups excluding carboxylic acids is 1. The van der Waals surface area contributed by atoms with Crippen molar-refractivity contribution in [3.8, 4) is 5.75 Å². The standard InChI is InChI=1S/C17H25NO3/c1-12(2)21-16-5-3-4-13(10-16)11-17(20)18-14-6-8-15(19)9-7-14/h3-5,10,12,14-15,19H,6-9,11H2,1-2H3,(H,18,20). The second-order valence-electron chi connectivity index (χ2n) is 6.06. The van der Waals surface area contributed by atoms with Crippen molar-refractivity contribution in [2.45, 2.75) is 64.2 Å². The van der Waals surface area contributed by atoms with Gasteiger partial charge in [0.1, 0.15) is 5.75 Å². The highest BCUT2D eigenvalue weighted by Gasteiger charge is 2.20. The first kappa shape index (κ1) is 15.8.